The summed E-state index contributed by atoms with van der Waals surface area (Å²) in [4.78, 5) is 27.1. The quantitative estimate of drug-likeness (QED) is 0.751. The number of carbonyl (C=O) groups is 2. The van der Waals surface area contributed by atoms with Crippen LogP contribution in [0.5, 0.6) is 0 Å². The van der Waals surface area contributed by atoms with Crippen molar-refractivity contribution in [1.82, 2.24) is 4.90 Å². The van der Waals surface area contributed by atoms with Crippen LogP contribution in [0.4, 0.5) is 5.69 Å². The van der Waals surface area contributed by atoms with Gasteiger partial charge in [-0.2, -0.15) is 0 Å². The molecule has 2 aromatic rings. The van der Waals surface area contributed by atoms with E-state index in [0.717, 1.165) is 16.3 Å². The Morgan fingerprint density at radius 2 is 1.86 bits per heavy atom. The SMILES string of the molecule is CC1CS(=O)(=O)N(c2ccc(Cl)c(C(=O)N3CCc4ccccc4C3)c2)C1=O. The van der Waals surface area contributed by atoms with Crippen LogP contribution in [-0.2, 0) is 27.8 Å². The van der Waals surface area contributed by atoms with Crippen LogP contribution in [0.2, 0.25) is 5.02 Å². The minimum absolute atomic E-state index is 0.152. The zero-order valence-electron chi connectivity index (χ0n) is 15.3. The molecule has 0 bridgehead atoms. The number of rotatable bonds is 2. The third-order valence-corrected chi connectivity index (χ3v) is 7.39. The molecule has 0 N–H and O–H groups in total. The molecule has 2 aliphatic heterocycles. The molecule has 6 nitrogen and oxygen atoms in total. The van der Waals surface area contributed by atoms with Gasteiger partial charge >= 0.3 is 0 Å². The number of amides is 2. The number of nitrogens with zero attached hydrogens (tertiary/aromatic N) is 2. The summed E-state index contributed by atoms with van der Waals surface area (Å²) in [6, 6.07) is 12.3. The highest BCUT2D eigenvalue weighted by molar-refractivity contribution is 7.94. The summed E-state index contributed by atoms with van der Waals surface area (Å²) in [5.74, 6) is -1.62. The second-order valence-corrected chi connectivity index (χ2v) is 9.46. The van der Waals surface area contributed by atoms with Gasteiger partial charge < -0.3 is 4.90 Å². The first kappa shape index (κ1) is 19.0. The zero-order chi connectivity index (χ0) is 20.1. The van der Waals surface area contributed by atoms with Gasteiger partial charge in [0.05, 0.1) is 27.9 Å². The van der Waals surface area contributed by atoms with Gasteiger partial charge in [0, 0.05) is 13.1 Å². The number of fused-ring (bicyclic) bond motifs is 1. The second-order valence-electron chi connectivity index (χ2n) is 7.19. The van der Waals surface area contributed by atoms with Crippen molar-refractivity contribution in [3.05, 3.63) is 64.2 Å². The third-order valence-electron chi connectivity index (χ3n) is 5.19. The lowest BCUT2D eigenvalue weighted by Gasteiger charge is -2.29. The lowest BCUT2D eigenvalue weighted by atomic mass is 9.99. The Balaban J connectivity index is 1.67. The highest BCUT2D eigenvalue weighted by Gasteiger charge is 2.42. The van der Waals surface area contributed by atoms with Crippen molar-refractivity contribution in [3.8, 4) is 0 Å². The molecule has 0 radical (unpaired) electrons. The first-order chi connectivity index (χ1) is 13.3. The number of sulfonamides is 1. The Bertz CT molecular complexity index is 1080. The van der Waals surface area contributed by atoms with Gasteiger partial charge in [-0.1, -0.05) is 42.8 Å². The van der Waals surface area contributed by atoms with E-state index in [9.17, 15) is 18.0 Å². The van der Waals surface area contributed by atoms with Gasteiger partial charge in [-0.05, 0) is 35.7 Å². The molecule has 0 saturated carbocycles. The fourth-order valence-corrected chi connectivity index (χ4v) is 5.74. The number of hydrogen-bond acceptors (Lipinski definition) is 4. The molecule has 0 aliphatic carbocycles. The molecule has 1 saturated heterocycles. The van der Waals surface area contributed by atoms with Crippen molar-refractivity contribution in [1.29, 1.82) is 0 Å². The van der Waals surface area contributed by atoms with Crippen molar-refractivity contribution in [2.45, 2.75) is 19.9 Å². The topological polar surface area (TPSA) is 74.8 Å². The van der Waals surface area contributed by atoms with Gasteiger partial charge in [0.15, 0.2) is 0 Å². The van der Waals surface area contributed by atoms with Crippen molar-refractivity contribution in [2.75, 3.05) is 16.6 Å². The van der Waals surface area contributed by atoms with Crippen LogP contribution in [0, 0.1) is 5.92 Å². The molecule has 0 aromatic heterocycles. The summed E-state index contributed by atoms with van der Waals surface area (Å²) in [6.45, 7) is 2.59. The minimum Gasteiger partial charge on any atom is -0.334 e. The molecule has 146 valence electrons. The number of anilines is 1. The molecule has 28 heavy (non-hydrogen) atoms. The maximum atomic E-state index is 13.1. The maximum Gasteiger partial charge on any atom is 0.255 e. The summed E-state index contributed by atoms with van der Waals surface area (Å²) in [5.41, 5.74) is 2.65. The number of benzene rings is 2. The first-order valence-electron chi connectivity index (χ1n) is 9.00. The lowest BCUT2D eigenvalue weighted by molar-refractivity contribution is -0.119. The van der Waals surface area contributed by atoms with Gasteiger partial charge in [-0.3, -0.25) is 9.59 Å². The lowest BCUT2D eigenvalue weighted by Crippen LogP contribution is -2.36. The summed E-state index contributed by atoms with van der Waals surface area (Å²) < 4.78 is 25.5. The van der Waals surface area contributed by atoms with Crippen LogP contribution >= 0.6 is 11.6 Å². The Morgan fingerprint density at radius 3 is 2.54 bits per heavy atom. The van der Waals surface area contributed by atoms with Crippen LogP contribution in [0.15, 0.2) is 42.5 Å². The number of hydrogen-bond donors (Lipinski definition) is 0. The Morgan fingerprint density at radius 1 is 1.14 bits per heavy atom. The van der Waals surface area contributed by atoms with Crippen molar-refractivity contribution >= 4 is 39.1 Å². The summed E-state index contributed by atoms with van der Waals surface area (Å²) in [6.07, 6.45) is 0.746. The highest BCUT2D eigenvalue weighted by Crippen LogP contribution is 2.32. The van der Waals surface area contributed by atoms with E-state index < -0.39 is 21.8 Å². The van der Waals surface area contributed by atoms with E-state index in [-0.39, 0.29) is 27.9 Å². The smallest absolute Gasteiger partial charge is 0.255 e. The predicted molar refractivity (Wildman–Crippen MR) is 107 cm³/mol. The van der Waals surface area contributed by atoms with Crippen LogP contribution in [0.3, 0.4) is 0 Å². The van der Waals surface area contributed by atoms with E-state index >= 15 is 0 Å². The molecular formula is C20H19ClN2O4S. The summed E-state index contributed by atoms with van der Waals surface area (Å²) in [5, 5.41) is 0.227. The second kappa shape index (κ2) is 6.90. The van der Waals surface area contributed by atoms with Gasteiger partial charge in [-0.25, -0.2) is 12.7 Å². The molecule has 2 amide bonds. The fraction of sp³-hybridized carbons (Fsp3) is 0.300. The molecular weight excluding hydrogens is 400 g/mol. The van der Waals surface area contributed by atoms with E-state index in [4.69, 9.17) is 11.6 Å². The Labute approximate surface area is 168 Å². The molecule has 1 unspecified atom stereocenters. The molecule has 0 spiro atoms. The molecule has 2 heterocycles. The molecule has 4 rings (SSSR count). The van der Waals surface area contributed by atoms with Crippen LogP contribution in [-0.4, -0.2) is 37.4 Å². The van der Waals surface area contributed by atoms with E-state index in [1.807, 2.05) is 18.2 Å². The van der Waals surface area contributed by atoms with Crippen LogP contribution < -0.4 is 4.31 Å². The Hall–Kier alpha value is -2.38. The third kappa shape index (κ3) is 3.18. The van der Waals surface area contributed by atoms with E-state index in [1.165, 1.54) is 23.8 Å². The minimum atomic E-state index is -3.74. The fourth-order valence-electron chi connectivity index (χ4n) is 3.73. The molecule has 1 atom stereocenters. The van der Waals surface area contributed by atoms with Crippen LogP contribution in [0.25, 0.3) is 0 Å². The summed E-state index contributed by atoms with van der Waals surface area (Å²) >= 11 is 6.25. The average Bonchev–Trinajstić information content (AvgIpc) is 2.88. The Kier molecular flexibility index (Phi) is 4.67. The van der Waals surface area contributed by atoms with Crippen LogP contribution in [0.1, 0.15) is 28.4 Å². The van der Waals surface area contributed by atoms with Gasteiger partial charge in [0.2, 0.25) is 15.9 Å². The largest absolute Gasteiger partial charge is 0.334 e. The molecule has 2 aliphatic rings. The predicted octanol–water partition coefficient (Wildman–Crippen LogP) is 2.85. The van der Waals surface area contributed by atoms with Crippen molar-refractivity contribution in [3.63, 3.8) is 0 Å². The highest BCUT2D eigenvalue weighted by atomic mass is 35.5. The van der Waals surface area contributed by atoms with Gasteiger partial charge in [0.25, 0.3) is 5.91 Å². The summed E-state index contributed by atoms with van der Waals surface area (Å²) in [7, 11) is -3.74. The molecule has 8 heteroatoms. The zero-order valence-corrected chi connectivity index (χ0v) is 16.8. The maximum absolute atomic E-state index is 13.1. The standard InChI is InChI=1S/C20H19ClN2O4S/c1-13-12-28(26,27)23(19(13)24)16-6-7-18(21)17(10-16)20(25)22-9-8-14-4-2-3-5-15(14)11-22/h2-7,10,13H,8-9,11-12H2,1H3. The van der Waals surface area contributed by atoms with Gasteiger partial charge in [-0.15, -0.1) is 0 Å². The van der Waals surface area contributed by atoms with E-state index in [0.29, 0.717) is 13.1 Å². The average molecular weight is 419 g/mol. The van der Waals surface area contributed by atoms with Crippen molar-refractivity contribution in [2.24, 2.45) is 5.92 Å². The van der Waals surface area contributed by atoms with E-state index in [2.05, 4.69) is 6.07 Å². The normalized spacial score (nSPS) is 20.9. The molecule has 1 fully saturated rings. The number of halogens is 1. The first-order valence-corrected chi connectivity index (χ1v) is 11.0. The van der Waals surface area contributed by atoms with Crippen molar-refractivity contribution < 1.29 is 18.0 Å². The number of carbonyl (C=O) groups excluding carboxylic acids is 2. The monoisotopic (exact) mass is 418 g/mol. The van der Waals surface area contributed by atoms with E-state index in [1.54, 1.807) is 11.8 Å². The van der Waals surface area contributed by atoms with Gasteiger partial charge in [0.1, 0.15) is 0 Å². The molecule has 2 aromatic carbocycles.